The molecule has 1 rings (SSSR count). The zero-order valence-electron chi connectivity index (χ0n) is 11.7. The molecule has 5 heteroatoms. The third-order valence-corrected chi connectivity index (χ3v) is 4.20. The van der Waals surface area contributed by atoms with E-state index in [1.165, 1.54) is 6.42 Å². The van der Waals surface area contributed by atoms with Crippen molar-refractivity contribution in [3.63, 3.8) is 0 Å². The Bertz CT molecular complexity index is 239. The molecule has 0 aromatic heterocycles. The van der Waals surface area contributed by atoms with Gasteiger partial charge in [0.25, 0.3) is 0 Å². The van der Waals surface area contributed by atoms with Crippen molar-refractivity contribution in [2.45, 2.75) is 39.7 Å². The van der Waals surface area contributed by atoms with E-state index in [-0.39, 0.29) is 18.3 Å². The molecule has 2 atom stereocenters. The molecule has 108 valence electrons. The lowest BCUT2D eigenvalue weighted by Crippen LogP contribution is -2.48. The van der Waals surface area contributed by atoms with E-state index < -0.39 is 0 Å². The second-order valence-electron chi connectivity index (χ2n) is 5.38. The van der Waals surface area contributed by atoms with Crippen LogP contribution in [0.25, 0.3) is 0 Å². The molecular formula is C13H27ClN2OS. The lowest BCUT2D eigenvalue weighted by Gasteiger charge is -2.30. The maximum atomic E-state index is 11.7. The molecule has 1 fully saturated rings. The number of thioether (sulfide) groups is 1. The summed E-state index contributed by atoms with van der Waals surface area (Å²) in [5.74, 6) is 3.19. The highest BCUT2D eigenvalue weighted by Crippen LogP contribution is 2.12. The van der Waals surface area contributed by atoms with Crippen molar-refractivity contribution in [1.29, 1.82) is 0 Å². The molecule has 1 heterocycles. The van der Waals surface area contributed by atoms with Crippen molar-refractivity contribution in [1.82, 2.24) is 10.6 Å². The second-order valence-corrected chi connectivity index (χ2v) is 6.48. The number of rotatable bonds is 6. The molecule has 2 N–H and O–H groups in total. The van der Waals surface area contributed by atoms with Crippen molar-refractivity contribution in [2.24, 2.45) is 11.8 Å². The van der Waals surface area contributed by atoms with Gasteiger partial charge in [-0.1, -0.05) is 20.8 Å². The van der Waals surface area contributed by atoms with Crippen LogP contribution in [0.4, 0.5) is 0 Å². The smallest absolute Gasteiger partial charge is 0.230 e. The number of carbonyl (C=O) groups excluding carboxylic acids is 1. The molecule has 0 saturated carbocycles. The third kappa shape index (κ3) is 7.49. The Balaban J connectivity index is 0.00000289. The average molecular weight is 295 g/mol. The van der Waals surface area contributed by atoms with Crippen LogP contribution in [0.3, 0.4) is 0 Å². The predicted molar refractivity (Wildman–Crippen MR) is 82.6 cm³/mol. The van der Waals surface area contributed by atoms with Gasteiger partial charge in [-0.2, -0.15) is 11.8 Å². The van der Waals surface area contributed by atoms with Crippen molar-refractivity contribution >= 4 is 30.1 Å². The molecule has 1 amide bonds. The van der Waals surface area contributed by atoms with Crippen LogP contribution in [-0.2, 0) is 4.79 Å². The molecule has 0 aliphatic carbocycles. The first-order valence-corrected chi connectivity index (χ1v) is 7.83. The van der Waals surface area contributed by atoms with Gasteiger partial charge in [-0.25, -0.2) is 0 Å². The summed E-state index contributed by atoms with van der Waals surface area (Å²) < 4.78 is 0. The number of piperidine rings is 1. The minimum atomic E-state index is 0. The third-order valence-electron chi connectivity index (χ3n) is 3.20. The van der Waals surface area contributed by atoms with Crippen LogP contribution in [0.15, 0.2) is 0 Å². The van der Waals surface area contributed by atoms with Gasteiger partial charge in [0.15, 0.2) is 0 Å². The van der Waals surface area contributed by atoms with Crippen molar-refractivity contribution in [3.8, 4) is 0 Å². The van der Waals surface area contributed by atoms with Crippen LogP contribution in [0, 0.1) is 11.8 Å². The normalized spacial score (nSPS) is 23.6. The van der Waals surface area contributed by atoms with Crippen LogP contribution < -0.4 is 10.6 Å². The quantitative estimate of drug-likeness (QED) is 0.739. The van der Waals surface area contributed by atoms with E-state index in [1.807, 2.05) is 0 Å². The highest BCUT2D eigenvalue weighted by molar-refractivity contribution is 7.99. The molecule has 0 aromatic carbocycles. The fourth-order valence-electron chi connectivity index (χ4n) is 1.96. The van der Waals surface area contributed by atoms with E-state index in [2.05, 4.69) is 31.4 Å². The van der Waals surface area contributed by atoms with Gasteiger partial charge in [0.05, 0.1) is 5.75 Å². The van der Waals surface area contributed by atoms with Crippen LogP contribution in [0.1, 0.15) is 33.6 Å². The highest BCUT2D eigenvalue weighted by Gasteiger charge is 2.22. The Kier molecular flexibility index (Phi) is 9.97. The van der Waals surface area contributed by atoms with E-state index >= 15 is 0 Å². The Morgan fingerprint density at radius 2 is 2.22 bits per heavy atom. The number of hydrogen-bond donors (Lipinski definition) is 2. The van der Waals surface area contributed by atoms with E-state index in [1.54, 1.807) is 11.8 Å². The zero-order valence-corrected chi connectivity index (χ0v) is 13.3. The molecular weight excluding hydrogens is 268 g/mol. The van der Waals surface area contributed by atoms with Crippen LogP contribution in [0.2, 0.25) is 0 Å². The molecule has 0 radical (unpaired) electrons. The first-order valence-electron chi connectivity index (χ1n) is 6.67. The molecule has 18 heavy (non-hydrogen) atoms. The van der Waals surface area contributed by atoms with Gasteiger partial charge in [0.1, 0.15) is 0 Å². The predicted octanol–water partition coefficient (Wildman–Crippen LogP) is 2.30. The Labute approximate surface area is 122 Å². The average Bonchev–Trinajstić information content (AvgIpc) is 2.27. The van der Waals surface area contributed by atoms with E-state index in [0.29, 0.717) is 17.7 Å². The summed E-state index contributed by atoms with van der Waals surface area (Å²) in [5, 5.41) is 6.50. The topological polar surface area (TPSA) is 41.1 Å². The summed E-state index contributed by atoms with van der Waals surface area (Å²) in [6.45, 7) is 8.68. The lowest BCUT2D eigenvalue weighted by atomic mass is 9.95. The summed E-state index contributed by atoms with van der Waals surface area (Å²) in [6, 6.07) is 0.370. The zero-order chi connectivity index (χ0) is 12.7. The van der Waals surface area contributed by atoms with E-state index in [9.17, 15) is 4.79 Å². The summed E-state index contributed by atoms with van der Waals surface area (Å²) in [6.07, 6.45) is 2.26. The molecule has 3 nitrogen and oxygen atoms in total. The SMILES string of the molecule is CC(C)CCSCC(=O)NC1CCNCC1C.Cl. The maximum absolute atomic E-state index is 11.7. The Morgan fingerprint density at radius 3 is 2.83 bits per heavy atom. The standard InChI is InChI=1S/C13H26N2OS.ClH/c1-10(2)5-7-17-9-13(16)15-12-4-6-14-8-11(12)3;/h10-12,14H,4-9H2,1-3H3,(H,15,16);1H. The van der Waals surface area contributed by atoms with Crippen LogP contribution in [-0.4, -0.2) is 36.5 Å². The van der Waals surface area contributed by atoms with Gasteiger partial charge in [0.2, 0.25) is 5.91 Å². The monoisotopic (exact) mass is 294 g/mol. The highest BCUT2D eigenvalue weighted by atomic mass is 35.5. The van der Waals surface area contributed by atoms with Gasteiger partial charge in [0, 0.05) is 6.04 Å². The summed E-state index contributed by atoms with van der Waals surface area (Å²) in [4.78, 5) is 11.7. The molecule has 1 aliphatic rings. The summed E-state index contributed by atoms with van der Waals surface area (Å²) >= 11 is 1.75. The van der Waals surface area contributed by atoms with Crippen molar-refractivity contribution in [3.05, 3.63) is 0 Å². The fraction of sp³-hybridized carbons (Fsp3) is 0.923. The van der Waals surface area contributed by atoms with Crippen LogP contribution in [0.5, 0.6) is 0 Å². The minimum Gasteiger partial charge on any atom is -0.352 e. The maximum Gasteiger partial charge on any atom is 0.230 e. The van der Waals surface area contributed by atoms with Crippen molar-refractivity contribution < 1.29 is 4.79 Å². The van der Waals surface area contributed by atoms with Gasteiger partial charge in [-0.3, -0.25) is 4.79 Å². The molecule has 0 bridgehead atoms. The van der Waals surface area contributed by atoms with Crippen LogP contribution >= 0.6 is 24.2 Å². The summed E-state index contributed by atoms with van der Waals surface area (Å²) in [5.41, 5.74) is 0. The molecule has 0 spiro atoms. The largest absolute Gasteiger partial charge is 0.352 e. The van der Waals surface area contributed by atoms with Gasteiger partial charge >= 0.3 is 0 Å². The lowest BCUT2D eigenvalue weighted by molar-refractivity contribution is -0.119. The number of amides is 1. The number of hydrogen-bond acceptors (Lipinski definition) is 3. The van der Waals surface area contributed by atoms with E-state index in [0.717, 1.165) is 31.2 Å². The first kappa shape index (κ1) is 18.1. The molecule has 0 aromatic rings. The molecule has 2 unspecified atom stereocenters. The second kappa shape index (κ2) is 9.93. The Morgan fingerprint density at radius 1 is 1.50 bits per heavy atom. The van der Waals surface area contributed by atoms with Gasteiger partial charge < -0.3 is 10.6 Å². The number of halogens is 1. The first-order chi connectivity index (χ1) is 8.09. The Hall–Kier alpha value is 0.0700. The minimum absolute atomic E-state index is 0. The molecule has 1 aliphatic heterocycles. The number of nitrogens with one attached hydrogen (secondary N) is 2. The number of carbonyl (C=O) groups is 1. The van der Waals surface area contributed by atoms with Gasteiger partial charge in [-0.15, -0.1) is 12.4 Å². The summed E-state index contributed by atoms with van der Waals surface area (Å²) in [7, 11) is 0. The van der Waals surface area contributed by atoms with E-state index in [4.69, 9.17) is 0 Å². The fourth-order valence-corrected chi connectivity index (χ4v) is 3.01. The van der Waals surface area contributed by atoms with Crippen molar-refractivity contribution in [2.75, 3.05) is 24.6 Å². The van der Waals surface area contributed by atoms with Gasteiger partial charge in [-0.05, 0) is 43.5 Å². The molecule has 1 saturated heterocycles.